The second-order valence-corrected chi connectivity index (χ2v) is 17.2. The van der Waals surface area contributed by atoms with Crippen LogP contribution in [-0.2, 0) is 34.4 Å². The number of phenolic OH excluding ortho intramolecular Hbond substituents is 1. The molecule has 17 nitrogen and oxygen atoms in total. The highest BCUT2D eigenvalue weighted by Crippen LogP contribution is 2.57. The largest absolute Gasteiger partial charge is 0.508 e. The lowest BCUT2D eigenvalue weighted by Gasteiger charge is -2.53. The molecule has 2 aliphatic heterocycles. The van der Waals surface area contributed by atoms with E-state index in [9.17, 15) is 59.4 Å². The van der Waals surface area contributed by atoms with Gasteiger partial charge in [-0.15, -0.1) is 11.8 Å². The number of nitrogens with zero attached hydrogens (tertiary/aromatic N) is 2. The molecule has 56 heavy (non-hydrogen) atoms. The van der Waals surface area contributed by atoms with E-state index in [-0.39, 0.29) is 28.8 Å². The van der Waals surface area contributed by atoms with Gasteiger partial charge in [-0.1, -0.05) is 42.5 Å². The summed E-state index contributed by atoms with van der Waals surface area (Å²) in [6.45, 7) is 4.98. The van der Waals surface area contributed by atoms with Crippen LogP contribution in [0.3, 0.4) is 0 Å². The number of aromatic hydroxyl groups is 1. The number of hydrogen-bond donors (Lipinski definition) is 9. The van der Waals surface area contributed by atoms with Gasteiger partial charge >= 0.3 is 5.97 Å². The minimum absolute atomic E-state index is 0.170. The number of ketones is 2. The van der Waals surface area contributed by atoms with Crippen molar-refractivity contribution in [3.8, 4) is 5.75 Å². The van der Waals surface area contributed by atoms with Crippen LogP contribution >= 0.6 is 11.8 Å². The van der Waals surface area contributed by atoms with Gasteiger partial charge in [0.2, 0.25) is 17.6 Å². The third-order valence-electron chi connectivity index (χ3n) is 11.4. The van der Waals surface area contributed by atoms with Crippen LogP contribution in [0.2, 0.25) is 0 Å². The number of aliphatic carboxylic acids is 1. The molecular formula is C38H43N5O12S. The lowest BCUT2D eigenvalue weighted by Crippen LogP contribution is -2.71. The van der Waals surface area contributed by atoms with Crippen LogP contribution in [0.1, 0.15) is 49.9 Å². The molecule has 5 aliphatic rings. The number of carbonyl (C=O) groups is 6. The third kappa shape index (κ3) is 5.85. The number of nitrogens with two attached hydrogens (primary N) is 2. The van der Waals surface area contributed by atoms with Gasteiger partial charge in [-0.25, -0.2) is 4.79 Å². The van der Waals surface area contributed by atoms with E-state index in [2.05, 4.69) is 5.32 Å². The predicted molar refractivity (Wildman–Crippen MR) is 199 cm³/mol. The number of aliphatic hydroxyl groups is 4. The number of amides is 3. The second kappa shape index (κ2) is 13.7. The molecule has 2 heterocycles. The molecule has 2 aromatic rings. The minimum Gasteiger partial charge on any atom is -0.508 e. The van der Waals surface area contributed by atoms with Crippen molar-refractivity contribution in [3.05, 3.63) is 82.1 Å². The number of carboxylic acid groups (broad SMARTS) is 1. The Kier molecular flexibility index (Phi) is 9.91. The standard InChI is InChI=1S/C22H24N2O8.C16H19N3O4S/c1-21(31)8-5-4-6-11(25)12(8)16(26)13-9(21)7-10-15(24(2)3)17(27)14(20(23)30)19(29)22(10,32)18(13)28;1-16(2)11(15(22)23)19-13(21)10(14(19)24-16)18-12(20)9(17)8-6-4-3-5-7-8/h4-6,9-10,15,25-26,29,31-32H,7H2,1-3H3,(H2,23,30);3-7,9-11,14H,17H2,1-2H3,(H,18,20)(H,22,23)/t9-,10-,15-,21+,22-;9-,10-,11+,14-/m01/s1. The predicted octanol–water partition coefficient (Wildman–Crippen LogP) is -0.0529. The number of fused-ring (bicyclic) bond motifs is 4. The number of phenols is 1. The summed E-state index contributed by atoms with van der Waals surface area (Å²) < 4.78 is -0.618. The van der Waals surface area contributed by atoms with Gasteiger partial charge in [0.1, 0.15) is 46.3 Å². The van der Waals surface area contributed by atoms with Gasteiger partial charge in [-0.2, -0.15) is 0 Å². The Balaban J connectivity index is 0.000000198. The summed E-state index contributed by atoms with van der Waals surface area (Å²) in [5.74, 6) is -9.75. The summed E-state index contributed by atoms with van der Waals surface area (Å²) in [7, 11) is 3.01. The topological polar surface area (TPSA) is 294 Å². The minimum atomic E-state index is -2.75. The molecule has 18 heteroatoms. The second-order valence-electron chi connectivity index (χ2n) is 15.4. The smallest absolute Gasteiger partial charge is 0.327 e. The van der Waals surface area contributed by atoms with E-state index >= 15 is 0 Å². The molecule has 3 fully saturated rings. The SMILES string of the molecule is CC1(C)S[C@@H]2[C@H](NC(=O)[C@H](N)c3ccccc3)C(=O)N2[C@H]1C(=O)O.CN(C)[C@@H]1C(=O)C(C(N)=O)=C(O)[C@@]2(O)C(=O)C3=C(O)c4c(O)cccc4[C@@](C)(O)[C@H]3C[C@@H]12. The molecular weight excluding hydrogens is 751 g/mol. The number of Topliss-reactive ketones (excluding diaryl/α,β-unsaturated/α-hetero) is 2. The zero-order valence-electron chi connectivity index (χ0n) is 31.0. The molecule has 2 aromatic carbocycles. The average molecular weight is 794 g/mol. The molecule has 11 N–H and O–H groups in total. The Morgan fingerprint density at radius 2 is 1.61 bits per heavy atom. The fraction of sp³-hybridized carbons (Fsp3) is 0.421. The number of carboxylic acids is 1. The maximum absolute atomic E-state index is 13.7. The van der Waals surface area contributed by atoms with Crippen molar-refractivity contribution in [1.82, 2.24) is 15.1 Å². The van der Waals surface area contributed by atoms with E-state index < -0.39 is 110 Å². The fourth-order valence-electron chi connectivity index (χ4n) is 8.70. The highest BCUT2D eigenvalue weighted by molar-refractivity contribution is 8.01. The molecule has 0 unspecified atom stereocenters. The number of carbonyl (C=O) groups excluding carboxylic acids is 5. The fourth-order valence-corrected chi connectivity index (χ4v) is 10.3. The summed E-state index contributed by atoms with van der Waals surface area (Å²) in [5.41, 5.74) is 6.05. The quantitative estimate of drug-likeness (QED) is 0.137. The van der Waals surface area contributed by atoms with Crippen LogP contribution < -0.4 is 16.8 Å². The van der Waals surface area contributed by atoms with Crippen LogP contribution in [0.25, 0.3) is 5.76 Å². The summed E-state index contributed by atoms with van der Waals surface area (Å²) in [5, 5.41) is 66.6. The van der Waals surface area contributed by atoms with Crippen molar-refractivity contribution in [1.29, 1.82) is 0 Å². The molecule has 1 saturated carbocycles. The van der Waals surface area contributed by atoms with Crippen molar-refractivity contribution in [2.24, 2.45) is 23.3 Å². The summed E-state index contributed by atoms with van der Waals surface area (Å²) in [4.78, 5) is 77.5. The van der Waals surface area contributed by atoms with Crippen molar-refractivity contribution < 1.29 is 59.4 Å². The Hall–Kier alpha value is -5.27. The molecule has 298 valence electrons. The zero-order chi connectivity index (χ0) is 41.6. The molecule has 0 aromatic heterocycles. The molecule has 0 radical (unpaired) electrons. The number of rotatable bonds is 6. The van der Waals surface area contributed by atoms with Crippen LogP contribution in [0.4, 0.5) is 0 Å². The Bertz CT molecular complexity index is 2130. The summed E-state index contributed by atoms with van der Waals surface area (Å²) in [6, 6.07) is 9.39. The molecule has 3 aliphatic carbocycles. The monoisotopic (exact) mass is 793 g/mol. The lowest BCUT2D eigenvalue weighted by atomic mass is 9.54. The number of hydrogen-bond acceptors (Lipinski definition) is 14. The molecule has 2 saturated heterocycles. The van der Waals surface area contributed by atoms with Gasteiger partial charge in [-0.3, -0.25) is 28.9 Å². The Labute approximate surface area is 324 Å². The molecule has 3 amide bonds. The van der Waals surface area contributed by atoms with Crippen molar-refractivity contribution >= 4 is 52.8 Å². The lowest BCUT2D eigenvalue weighted by molar-refractivity contribution is -0.161. The maximum Gasteiger partial charge on any atom is 0.327 e. The Morgan fingerprint density at radius 1 is 0.982 bits per heavy atom. The number of primary amides is 1. The van der Waals surface area contributed by atoms with Gasteiger partial charge in [-0.05, 0) is 58.5 Å². The molecule has 9 atom stereocenters. The number of nitrogens with one attached hydrogen (secondary N) is 1. The van der Waals surface area contributed by atoms with E-state index in [0.29, 0.717) is 5.56 Å². The molecule has 7 rings (SSSR count). The van der Waals surface area contributed by atoms with Crippen molar-refractivity contribution in [2.75, 3.05) is 14.1 Å². The van der Waals surface area contributed by atoms with Gasteiger partial charge in [0.05, 0.1) is 17.2 Å². The molecule has 0 spiro atoms. The zero-order valence-corrected chi connectivity index (χ0v) is 31.8. The van der Waals surface area contributed by atoms with E-state index in [0.717, 1.165) is 0 Å². The van der Waals surface area contributed by atoms with Gasteiger partial charge in [0.25, 0.3) is 5.91 Å². The maximum atomic E-state index is 13.7. The normalized spacial score (nSPS) is 31.9. The van der Waals surface area contributed by atoms with Gasteiger partial charge < -0.3 is 52.3 Å². The number of β-lactam (4-membered cyclic amide) rings is 1. The number of aliphatic hydroxyl groups excluding tert-OH is 2. The first kappa shape index (κ1) is 40.4. The first-order valence-corrected chi connectivity index (χ1v) is 18.4. The van der Waals surface area contributed by atoms with Gasteiger partial charge in [0.15, 0.2) is 11.4 Å². The number of likely N-dealkylation sites (N-methyl/N-ethyl adjacent to an activating group) is 1. The van der Waals surface area contributed by atoms with Crippen LogP contribution in [-0.4, -0.2) is 124 Å². The summed E-state index contributed by atoms with van der Waals surface area (Å²) in [6.07, 6.45) is -0.200. The number of thioether (sulfide) groups is 1. The molecule has 0 bridgehead atoms. The first-order valence-electron chi connectivity index (χ1n) is 17.5. The van der Waals surface area contributed by atoms with E-state index in [1.54, 1.807) is 38.1 Å². The third-order valence-corrected chi connectivity index (χ3v) is 13.0. The Morgan fingerprint density at radius 3 is 2.18 bits per heavy atom. The average Bonchev–Trinajstić information content (AvgIpc) is 3.38. The van der Waals surface area contributed by atoms with E-state index in [1.807, 2.05) is 6.07 Å². The van der Waals surface area contributed by atoms with Crippen LogP contribution in [0.5, 0.6) is 5.75 Å². The highest BCUT2D eigenvalue weighted by Gasteiger charge is 2.67. The van der Waals surface area contributed by atoms with Crippen LogP contribution in [0.15, 0.2) is 65.4 Å². The van der Waals surface area contributed by atoms with E-state index in [1.165, 1.54) is 60.8 Å². The first-order chi connectivity index (χ1) is 26.0. The number of benzene rings is 2. The van der Waals surface area contributed by atoms with Crippen molar-refractivity contribution in [3.63, 3.8) is 0 Å². The highest BCUT2D eigenvalue weighted by atomic mass is 32.2. The van der Waals surface area contributed by atoms with Crippen molar-refractivity contribution in [2.45, 2.75) is 72.7 Å². The van der Waals surface area contributed by atoms with Crippen LogP contribution in [0, 0.1) is 11.8 Å². The summed E-state index contributed by atoms with van der Waals surface area (Å²) >= 11 is 1.38. The van der Waals surface area contributed by atoms with E-state index in [4.69, 9.17) is 11.5 Å². The van der Waals surface area contributed by atoms with Gasteiger partial charge in [0, 0.05) is 22.2 Å².